The number of sulfonamides is 1. The lowest BCUT2D eigenvalue weighted by Gasteiger charge is -2.07. The molecule has 1 amide bonds. The molecule has 0 saturated heterocycles. The summed E-state index contributed by atoms with van der Waals surface area (Å²) in [5.41, 5.74) is 2.26. The van der Waals surface area contributed by atoms with E-state index in [2.05, 4.69) is 10.0 Å². The van der Waals surface area contributed by atoms with Gasteiger partial charge in [0, 0.05) is 17.8 Å². The van der Waals surface area contributed by atoms with E-state index < -0.39 is 10.0 Å². The van der Waals surface area contributed by atoms with E-state index in [1.54, 1.807) is 35.6 Å². The minimum Gasteiger partial charge on any atom is -0.326 e. The Balaban J connectivity index is 1.86. The van der Waals surface area contributed by atoms with Gasteiger partial charge < -0.3 is 5.32 Å². The van der Waals surface area contributed by atoms with Crippen molar-refractivity contribution in [3.8, 4) is 0 Å². The number of carbonyl (C=O) groups is 1. The Labute approximate surface area is 128 Å². The zero-order chi connectivity index (χ0) is 15.3. The average Bonchev–Trinajstić information content (AvgIpc) is 2.90. The summed E-state index contributed by atoms with van der Waals surface area (Å²) in [7, 11) is -3.28. The number of amides is 1. The number of hydrogen-bond acceptors (Lipinski definition) is 4. The molecule has 2 rings (SSSR count). The van der Waals surface area contributed by atoms with Crippen LogP contribution in [0, 0.1) is 0 Å². The van der Waals surface area contributed by atoms with Crippen molar-refractivity contribution < 1.29 is 13.2 Å². The summed E-state index contributed by atoms with van der Waals surface area (Å²) in [4.78, 5) is 11.8. The number of anilines is 2. The Morgan fingerprint density at radius 2 is 1.81 bits per heavy atom. The monoisotopic (exact) mass is 324 g/mol. The van der Waals surface area contributed by atoms with Crippen molar-refractivity contribution in [1.82, 2.24) is 0 Å². The van der Waals surface area contributed by atoms with Gasteiger partial charge in [-0.15, -0.1) is 0 Å². The summed E-state index contributed by atoms with van der Waals surface area (Å²) >= 11 is 1.61. The molecule has 0 aliphatic carbocycles. The van der Waals surface area contributed by atoms with Gasteiger partial charge in [0.2, 0.25) is 15.9 Å². The van der Waals surface area contributed by atoms with Gasteiger partial charge in [0.05, 0.1) is 6.26 Å². The molecular formula is C14H16N2O3S2. The topological polar surface area (TPSA) is 75.3 Å². The Morgan fingerprint density at radius 3 is 2.38 bits per heavy atom. The van der Waals surface area contributed by atoms with Gasteiger partial charge in [-0.05, 0) is 53.1 Å². The standard InChI is InChI=1S/C14H16N2O3S2/c1-21(18,19)16-13-5-3-12(4-6-13)15-14(17)7-2-11-8-9-20-10-11/h3-6,8-10,16H,2,7H2,1H3,(H,15,17). The van der Waals surface area contributed by atoms with Crippen molar-refractivity contribution in [2.75, 3.05) is 16.3 Å². The Morgan fingerprint density at radius 1 is 1.14 bits per heavy atom. The zero-order valence-electron chi connectivity index (χ0n) is 11.5. The van der Waals surface area contributed by atoms with Crippen LogP contribution >= 0.6 is 11.3 Å². The van der Waals surface area contributed by atoms with Gasteiger partial charge in [0.15, 0.2) is 0 Å². The number of rotatable bonds is 6. The largest absolute Gasteiger partial charge is 0.326 e. The third kappa shape index (κ3) is 5.57. The highest BCUT2D eigenvalue weighted by Crippen LogP contribution is 2.15. The van der Waals surface area contributed by atoms with E-state index in [9.17, 15) is 13.2 Å². The summed E-state index contributed by atoms with van der Waals surface area (Å²) in [6, 6.07) is 8.54. The van der Waals surface area contributed by atoms with Gasteiger partial charge in [-0.1, -0.05) is 0 Å². The molecule has 0 atom stereocenters. The molecule has 1 aromatic carbocycles. The minimum atomic E-state index is -3.28. The predicted molar refractivity (Wildman–Crippen MR) is 86.2 cm³/mol. The highest BCUT2D eigenvalue weighted by atomic mass is 32.2. The molecule has 21 heavy (non-hydrogen) atoms. The molecule has 7 heteroatoms. The highest BCUT2D eigenvalue weighted by Gasteiger charge is 2.05. The van der Waals surface area contributed by atoms with Crippen molar-refractivity contribution in [1.29, 1.82) is 0 Å². The van der Waals surface area contributed by atoms with E-state index in [0.29, 0.717) is 24.2 Å². The summed E-state index contributed by atoms with van der Waals surface area (Å²) in [5.74, 6) is -0.0648. The van der Waals surface area contributed by atoms with Crippen LogP contribution in [0.3, 0.4) is 0 Å². The molecular weight excluding hydrogens is 308 g/mol. The Kier molecular flexibility index (Phi) is 4.98. The lowest BCUT2D eigenvalue weighted by Crippen LogP contribution is -2.12. The smallest absolute Gasteiger partial charge is 0.229 e. The van der Waals surface area contributed by atoms with E-state index >= 15 is 0 Å². The molecule has 112 valence electrons. The first-order chi connectivity index (χ1) is 9.92. The van der Waals surface area contributed by atoms with Gasteiger partial charge in [0.1, 0.15) is 0 Å². The zero-order valence-corrected chi connectivity index (χ0v) is 13.1. The number of aryl methyl sites for hydroxylation is 1. The Hall–Kier alpha value is -1.86. The maximum Gasteiger partial charge on any atom is 0.229 e. The van der Waals surface area contributed by atoms with Crippen LogP contribution in [0.5, 0.6) is 0 Å². The number of benzene rings is 1. The van der Waals surface area contributed by atoms with Crippen LogP contribution < -0.4 is 10.0 Å². The van der Waals surface area contributed by atoms with E-state index in [0.717, 1.165) is 11.8 Å². The Bertz CT molecular complexity index is 692. The first-order valence-corrected chi connectivity index (χ1v) is 9.14. The molecule has 1 heterocycles. The molecule has 0 aliphatic heterocycles. The summed E-state index contributed by atoms with van der Waals surface area (Å²) in [6.07, 6.45) is 2.22. The maximum absolute atomic E-state index is 11.8. The molecule has 5 nitrogen and oxygen atoms in total. The molecule has 1 aromatic heterocycles. The van der Waals surface area contributed by atoms with E-state index in [4.69, 9.17) is 0 Å². The molecule has 0 saturated carbocycles. The quantitative estimate of drug-likeness (QED) is 0.858. The van der Waals surface area contributed by atoms with Gasteiger partial charge in [-0.2, -0.15) is 11.3 Å². The fourth-order valence-corrected chi connectivity index (χ4v) is 3.02. The van der Waals surface area contributed by atoms with Crippen molar-refractivity contribution in [3.63, 3.8) is 0 Å². The highest BCUT2D eigenvalue weighted by molar-refractivity contribution is 7.92. The predicted octanol–water partition coefficient (Wildman–Crippen LogP) is 2.69. The summed E-state index contributed by atoms with van der Waals surface area (Å²) < 4.78 is 24.5. The van der Waals surface area contributed by atoms with E-state index in [1.807, 2.05) is 16.8 Å². The number of thiophene rings is 1. The second-order valence-corrected chi connectivity index (χ2v) is 7.16. The van der Waals surface area contributed by atoms with Gasteiger partial charge >= 0.3 is 0 Å². The molecule has 0 spiro atoms. The molecule has 0 unspecified atom stereocenters. The van der Waals surface area contributed by atoms with Crippen LogP contribution in [0.15, 0.2) is 41.1 Å². The first-order valence-electron chi connectivity index (χ1n) is 6.31. The number of hydrogen-bond donors (Lipinski definition) is 2. The second kappa shape index (κ2) is 6.73. The molecule has 2 N–H and O–H groups in total. The van der Waals surface area contributed by atoms with Crippen LogP contribution in [0.1, 0.15) is 12.0 Å². The van der Waals surface area contributed by atoms with Crippen molar-refractivity contribution in [2.24, 2.45) is 0 Å². The van der Waals surface area contributed by atoms with Gasteiger partial charge in [-0.25, -0.2) is 8.42 Å². The molecule has 0 radical (unpaired) electrons. The van der Waals surface area contributed by atoms with Crippen LogP contribution in [0.2, 0.25) is 0 Å². The second-order valence-electron chi connectivity index (χ2n) is 4.63. The van der Waals surface area contributed by atoms with Crippen molar-refractivity contribution >= 4 is 38.6 Å². The van der Waals surface area contributed by atoms with Crippen LogP contribution in [0.25, 0.3) is 0 Å². The fourth-order valence-electron chi connectivity index (χ4n) is 1.75. The average molecular weight is 324 g/mol. The van der Waals surface area contributed by atoms with Gasteiger partial charge in [-0.3, -0.25) is 9.52 Å². The molecule has 0 aliphatic rings. The maximum atomic E-state index is 11.8. The number of carbonyl (C=O) groups excluding carboxylic acids is 1. The van der Waals surface area contributed by atoms with Gasteiger partial charge in [0.25, 0.3) is 0 Å². The van der Waals surface area contributed by atoms with E-state index in [1.165, 1.54) is 0 Å². The van der Waals surface area contributed by atoms with Crippen LogP contribution in [-0.2, 0) is 21.2 Å². The first kappa shape index (κ1) is 15.5. The number of nitrogens with one attached hydrogen (secondary N) is 2. The molecule has 0 fully saturated rings. The third-order valence-electron chi connectivity index (χ3n) is 2.69. The summed E-state index contributed by atoms with van der Waals surface area (Å²) in [6.45, 7) is 0. The van der Waals surface area contributed by atoms with Crippen molar-refractivity contribution in [2.45, 2.75) is 12.8 Å². The van der Waals surface area contributed by atoms with Crippen LogP contribution in [-0.4, -0.2) is 20.6 Å². The van der Waals surface area contributed by atoms with Crippen LogP contribution in [0.4, 0.5) is 11.4 Å². The van der Waals surface area contributed by atoms with E-state index in [-0.39, 0.29) is 5.91 Å². The normalized spacial score (nSPS) is 11.1. The van der Waals surface area contributed by atoms with Crippen molar-refractivity contribution in [3.05, 3.63) is 46.7 Å². The lowest BCUT2D eigenvalue weighted by atomic mass is 10.2. The molecule has 0 bridgehead atoms. The fraction of sp³-hybridized carbons (Fsp3) is 0.214. The minimum absolute atomic E-state index is 0.0648. The third-order valence-corrected chi connectivity index (χ3v) is 4.03. The summed E-state index contributed by atoms with van der Waals surface area (Å²) in [5, 5.41) is 6.80. The lowest BCUT2D eigenvalue weighted by molar-refractivity contribution is -0.116. The SMILES string of the molecule is CS(=O)(=O)Nc1ccc(NC(=O)CCc2ccsc2)cc1. The molecule has 2 aromatic rings.